The van der Waals surface area contributed by atoms with Crippen molar-refractivity contribution >= 4 is 16.8 Å². The Balaban J connectivity index is 1.35. The zero-order valence-corrected chi connectivity index (χ0v) is 18.3. The van der Waals surface area contributed by atoms with Crippen LogP contribution in [-0.2, 0) is 12.8 Å². The van der Waals surface area contributed by atoms with Crippen LogP contribution in [0.3, 0.4) is 0 Å². The van der Waals surface area contributed by atoms with Crippen molar-refractivity contribution in [2.45, 2.75) is 37.8 Å². The number of carbonyl (C=O) groups excluding carboxylic acids is 1. The van der Waals surface area contributed by atoms with E-state index in [0.717, 1.165) is 49.7 Å². The Morgan fingerprint density at radius 1 is 1.10 bits per heavy atom. The summed E-state index contributed by atoms with van der Waals surface area (Å²) in [5, 5.41) is 0.874. The van der Waals surface area contributed by atoms with E-state index < -0.39 is 0 Å². The van der Waals surface area contributed by atoms with E-state index in [2.05, 4.69) is 34.1 Å². The minimum Gasteiger partial charge on any atom is -0.481 e. The minimum atomic E-state index is 0.0402. The van der Waals surface area contributed by atoms with Crippen LogP contribution in [-0.4, -0.2) is 60.0 Å². The van der Waals surface area contributed by atoms with Gasteiger partial charge in [-0.25, -0.2) is 4.98 Å². The number of likely N-dealkylation sites (N-methyl/N-ethyl adjacent to an activating group) is 1. The van der Waals surface area contributed by atoms with Gasteiger partial charge in [0.2, 0.25) is 5.88 Å². The molecule has 0 radical (unpaired) electrons. The average molecular weight is 416 g/mol. The van der Waals surface area contributed by atoms with Gasteiger partial charge in [0.1, 0.15) is 0 Å². The van der Waals surface area contributed by atoms with Crippen molar-refractivity contribution in [1.29, 1.82) is 0 Å². The number of carbonyl (C=O) groups is 1. The molecule has 3 aromatic rings. The topological polar surface area (TPSA) is 45.7 Å². The highest BCUT2D eigenvalue weighted by atomic mass is 16.5. The van der Waals surface area contributed by atoms with Crippen molar-refractivity contribution in [2.75, 3.05) is 27.2 Å². The number of fused-ring (bicyclic) bond motifs is 2. The van der Waals surface area contributed by atoms with Crippen LogP contribution in [0.15, 0.2) is 54.6 Å². The molecule has 1 fully saturated rings. The second kappa shape index (κ2) is 8.31. The van der Waals surface area contributed by atoms with Crippen LogP contribution in [0, 0.1) is 0 Å². The maximum absolute atomic E-state index is 13.6. The fourth-order valence-electron chi connectivity index (χ4n) is 5.21. The SMILES string of the molecule is COc1cc(C(=O)N(C)C2CCCN(C3Cc4ccccc4C3)C2)c2ccccc2n1. The monoisotopic (exact) mass is 415 g/mol. The lowest BCUT2D eigenvalue weighted by atomic mass is 10.00. The fraction of sp³-hybridized carbons (Fsp3) is 0.385. The number of para-hydroxylation sites is 1. The van der Waals surface area contributed by atoms with Gasteiger partial charge in [-0.15, -0.1) is 0 Å². The summed E-state index contributed by atoms with van der Waals surface area (Å²) >= 11 is 0. The predicted octanol–water partition coefficient (Wildman–Crippen LogP) is 3.95. The number of piperidine rings is 1. The molecule has 1 amide bonds. The van der Waals surface area contributed by atoms with Crippen molar-refractivity contribution in [1.82, 2.24) is 14.8 Å². The molecule has 0 saturated carbocycles. The lowest BCUT2D eigenvalue weighted by Crippen LogP contribution is -2.51. The second-order valence-electron chi connectivity index (χ2n) is 8.77. The largest absolute Gasteiger partial charge is 0.481 e. The number of aromatic nitrogens is 1. The summed E-state index contributed by atoms with van der Waals surface area (Å²) < 4.78 is 5.36. The van der Waals surface area contributed by atoms with Crippen LogP contribution in [0.1, 0.15) is 34.3 Å². The number of amides is 1. The quantitative estimate of drug-likeness (QED) is 0.647. The zero-order valence-electron chi connectivity index (χ0n) is 18.3. The molecule has 1 aliphatic heterocycles. The molecule has 1 saturated heterocycles. The molecule has 5 rings (SSSR count). The van der Waals surface area contributed by atoms with E-state index in [1.54, 1.807) is 13.2 Å². The molecule has 5 heteroatoms. The molecule has 1 unspecified atom stereocenters. The van der Waals surface area contributed by atoms with Crippen LogP contribution >= 0.6 is 0 Å². The van der Waals surface area contributed by atoms with Crippen LogP contribution in [0.25, 0.3) is 10.9 Å². The molecule has 0 N–H and O–H groups in total. The molecule has 0 bridgehead atoms. The number of likely N-dealkylation sites (tertiary alicyclic amines) is 1. The Kier molecular flexibility index (Phi) is 5.36. The molecule has 1 aromatic heterocycles. The normalized spacial score (nSPS) is 19.4. The van der Waals surface area contributed by atoms with Gasteiger partial charge in [-0.3, -0.25) is 9.69 Å². The summed E-state index contributed by atoms with van der Waals surface area (Å²) in [5.41, 5.74) is 4.41. The van der Waals surface area contributed by atoms with E-state index in [9.17, 15) is 4.79 Å². The number of ether oxygens (including phenoxy) is 1. The molecule has 0 spiro atoms. The third-order valence-electron chi connectivity index (χ3n) is 6.97. The molecule has 2 aromatic carbocycles. The molecule has 1 aliphatic carbocycles. The van der Waals surface area contributed by atoms with Gasteiger partial charge in [0, 0.05) is 37.1 Å². The fourth-order valence-corrected chi connectivity index (χ4v) is 5.21. The summed E-state index contributed by atoms with van der Waals surface area (Å²) in [4.78, 5) is 22.6. The van der Waals surface area contributed by atoms with E-state index in [1.807, 2.05) is 36.2 Å². The van der Waals surface area contributed by atoms with E-state index in [-0.39, 0.29) is 11.9 Å². The molecular weight excluding hydrogens is 386 g/mol. The summed E-state index contributed by atoms with van der Waals surface area (Å²) in [6.07, 6.45) is 4.40. The van der Waals surface area contributed by atoms with Crippen LogP contribution in [0.5, 0.6) is 5.88 Å². The first kappa shape index (κ1) is 20.0. The highest BCUT2D eigenvalue weighted by molar-refractivity contribution is 6.06. The van der Waals surface area contributed by atoms with E-state index in [4.69, 9.17) is 4.74 Å². The molecular formula is C26H29N3O2. The first-order valence-corrected chi connectivity index (χ1v) is 11.2. The molecule has 5 nitrogen and oxygen atoms in total. The average Bonchev–Trinajstić information content (AvgIpc) is 3.27. The first-order valence-electron chi connectivity index (χ1n) is 11.2. The summed E-state index contributed by atoms with van der Waals surface area (Å²) in [6, 6.07) is 19.1. The Bertz CT molecular complexity index is 1090. The number of hydrogen-bond acceptors (Lipinski definition) is 4. The number of methoxy groups -OCH3 is 1. The highest BCUT2D eigenvalue weighted by Gasteiger charge is 2.33. The van der Waals surface area contributed by atoms with Crippen molar-refractivity contribution in [3.8, 4) is 5.88 Å². The third-order valence-corrected chi connectivity index (χ3v) is 6.97. The van der Waals surface area contributed by atoms with Crippen molar-refractivity contribution in [3.05, 3.63) is 71.3 Å². The van der Waals surface area contributed by atoms with Gasteiger partial charge in [0.15, 0.2) is 0 Å². The molecule has 2 heterocycles. The second-order valence-corrected chi connectivity index (χ2v) is 8.77. The number of rotatable bonds is 4. The summed E-state index contributed by atoms with van der Waals surface area (Å²) in [7, 11) is 3.54. The standard InChI is InChI=1S/C26H29N3O2/c1-28(26(30)23-16-25(31-2)27-24-12-6-5-11-22(23)24)20-10-7-13-29(17-20)21-14-18-8-3-4-9-19(18)15-21/h3-6,8-9,11-12,16,20-21H,7,10,13-15,17H2,1-2H3. The number of pyridine rings is 1. The van der Waals surface area contributed by atoms with Gasteiger partial charge >= 0.3 is 0 Å². The maximum atomic E-state index is 13.6. The molecule has 31 heavy (non-hydrogen) atoms. The van der Waals surface area contributed by atoms with Gasteiger partial charge in [-0.1, -0.05) is 42.5 Å². The van der Waals surface area contributed by atoms with Gasteiger partial charge in [-0.05, 0) is 49.4 Å². The number of nitrogens with zero attached hydrogens (tertiary/aromatic N) is 3. The third kappa shape index (κ3) is 3.79. The first-order chi connectivity index (χ1) is 15.1. The van der Waals surface area contributed by atoms with Gasteiger partial charge in [-0.2, -0.15) is 0 Å². The number of hydrogen-bond donors (Lipinski definition) is 0. The Morgan fingerprint density at radius 3 is 2.55 bits per heavy atom. The molecule has 2 aliphatic rings. The van der Waals surface area contributed by atoms with Gasteiger partial charge in [0.05, 0.1) is 18.2 Å². The van der Waals surface area contributed by atoms with Crippen molar-refractivity contribution in [3.63, 3.8) is 0 Å². The molecule has 160 valence electrons. The minimum absolute atomic E-state index is 0.0402. The van der Waals surface area contributed by atoms with E-state index >= 15 is 0 Å². The maximum Gasteiger partial charge on any atom is 0.254 e. The van der Waals surface area contributed by atoms with Gasteiger partial charge < -0.3 is 9.64 Å². The van der Waals surface area contributed by atoms with Crippen molar-refractivity contribution in [2.24, 2.45) is 0 Å². The van der Waals surface area contributed by atoms with Crippen LogP contribution in [0.4, 0.5) is 0 Å². The highest BCUT2D eigenvalue weighted by Crippen LogP contribution is 2.29. The summed E-state index contributed by atoms with van der Waals surface area (Å²) in [5.74, 6) is 0.517. The summed E-state index contributed by atoms with van der Waals surface area (Å²) in [6.45, 7) is 2.05. The lowest BCUT2D eigenvalue weighted by molar-refractivity contribution is 0.0556. The van der Waals surface area contributed by atoms with E-state index in [0.29, 0.717) is 17.5 Å². The predicted molar refractivity (Wildman–Crippen MR) is 123 cm³/mol. The lowest BCUT2D eigenvalue weighted by Gasteiger charge is -2.40. The number of benzene rings is 2. The van der Waals surface area contributed by atoms with Crippen LogP contribution in [0.2, 0.25) is 0 Å². The van der Waals surface area contributed by atoms with Crippen LogP contribution < -0.4 is 4.74 Å². The Hall–Kier alpha value is -2.92. The smallest absolute Gasteiger partial charge is 0.254 e. The molecule has 1 atom stereocenters. The Morgan fingerprint density at radius 2 is 1.81 bits per heavy atom. The van der Waals surface area contributed by atoms with Crippen molar-refractivity contribution < 1.29 is 9.53 Å². The Labute approximate surface area is 183 Å². The van der Waals surface area contributed by atoms with Gasteiger partial charge in [0.25, 0.3) is 5.91 Å². The van der Waals surface area contributed by atoms with E-state index in [1.165, 1.54) is 11.1 Å². The zero-order chi connectivity index (χ0) is 21.4.